The standard InChI is InChI=1S/C5H10N4OS/c1-4-7-5(9-8-4)11-3-2-10-6/h2-3,6H2,1H3,(H,7,8,9). The number of aryl methyl sites for hydroxylation is 1. The zero-order chi connectivity index (χ0) is 8.10. The topological polar surface area (TPSA) is 76.8 Å². The summed E-state index contributed by atoms with van der Waals surface area (Å²) in [5, 5.41) is 7.40. The molecule has 0 radical (unpaired) electrons. The lowest BCUT2D eigenvalue weighted by atomic mass is 10.8. The van der Waals surface area contributed by atoms with Crippen LogP contribution in [-0.2, 0) is 4.84 Å². The van der Waals surface area contributed by atoms with E-state index < -0.39 is 0 Å². The van der Waals surface area contributed by atoms with Gasteiger partial charge in [0.15, 0.2) is 0 Å². The summed E-state index contributed by atoms with van der Waals surface area (Å²) in [4.78, 5) is 8.47. The summed E-state index contributed by atoms with van der Waals surface area (Å²) in [5.74, 6) is 6.43. The molecule has 1 heterocycles. The van der Waals surface area contributed by atoms with Gasteiger partial charge >= 0.3 is 0 Å². The molecule has 0 saturated carbocycles. The molecule has 0 aliphatic carbocycles. The van der Waals surface area contributed by atoms with Gasteiger partial charge in [0.25, 0.3) is 0 Å². The van der Waals surface area contributed by atoms with Gasteiger partial charge in [-0.05, 0) is 6.92 Å². The van der Waals surface area contributed by atoms with Crippen molar-refractivity contribution < 1.29 is 4.84 Å². The van der Waals surface area contributed by atoms with Gasteiger partial charge in [0, 0.05) is 5.75 Å². The van der Waals surface area contributed by atoms with Crippen molar-refractivity contribution in [1.29, 1.82) is 0 Å². The highest BCUT2D eigenvalue weighted by molar-refractivity contribution is 7.99. The molecule has 11 heavy (non-hydrogen) atoms. The largest absolute Gasteiger partial charge is 0.304 e. The number of H-pyrrole nitrogens is 1. The number of hydrogen-bond acceptors (Lipinski definition) is 5. The molecule has 0 unspecified atom stereocenters. The summed E-state index contributed by atoms with van der Waals surface area (Å²) in [6.45, 7) is 2.37. The van der Waals surface area contributed by atoms with Crippen molar-refractivity contribution in [2.24, 2.45) is 5.90 Å². The highest BCUT2D eigenvalue weighted by atomic mass is 32.2. The second-order valence-corrected chi connectivity index (χ2v) is 2.98. The third-order valence-electron chi connectivity index (χ3n) is 1.01. The molecule has 6 heteroatoms. The molecule has 3 N–H and O–H groups in total. The maximum absolute atomic E-state index is 4.84. The number of hydrogen-bond donors (Lipinski definition) is 2. The van der Waals surface area contributed by atoms with E-state index in [0.717, 1.165) is 16.7 Å². The number of nitrogens with one attached hydrogen (secondary N) is 1. The molecule has 1 rings (SSSR count). The smallest absolute Gasteiger partial charge is 0.208 e. The highest BCUT2D eigenvalue weighted by Gasteiger charge is 1.98. The number of aromatic amines is 1. The fraction of sp³-hybridized carbons (Fsp3) is 0.600. The molecule has 0 amide bonds. The van der Waals surface area contributed by atoms with Crippen molar-refractivity contribution in [2.45, 2.75) is 12.1 Å². The summed E-state index contributed by atoms with van der Waals surface area (Å²) in [6, 6.07) is 0. The third-order valence-corrected chi connectivity index (χ3v) is 1.82. The number of rotatable bonds is 4. The number of nitrogens with zero attached hydrogens (tertiary/aromatic N) is 2. The molecule has 0 atom stereocenters. The second kappa shape index (κ2) is 4.32. The monoisotopic (exact) mass is 174 g/mol. The van der Waals surface area contributed by atoms with E-state index in [1.165, 1.54) is 11.8 Å². The predicted octanol–water partition coefficient (Wildman–Crippen LogP) is 0.0955. The van der Waals surface area contributed by atoms with Crippen LogP contribution in [0.25, 0.3) is 0 Å². The first kappa shape index (κ1) is 8.51. The van der Waals surface area contributed by atoms with Crippen LogP contribution in [0.5, 0.6) is 0 Å². The molecule has 0 fully saturated rings. The van der Waals surface area contributed by atoms with E-state index in [0.29, 0.717) is 6.61 Å². The van der Waals surface area contributed by atoms with E-state index in [4.69, 9.17) is 5.90 Å². The Morgan fingerprint density at radius 3 is 3.09 bits per heavy atom. The van der Waals surface area contributed by atoms with Crippen LogP contribution in [0.1, 0.15) is 5.82 Å². The average Bonchev–Trinajstić information content (AvgIpc) is 2.37. The summed E-state index contributed by atoms with van der Waals surface area (Å²) < 4.78 is 0. The van der Waals surface area contributed by atoms with E-state index in [2.05, 4.69) is 20.0 Å². The van der Waals surface area contributed by atoms with Crippen LogP contribution in [0, 0.1) is 6.92 Å². The second-order valence-electron chi connectivity index (χ2n) is 1.92. The summed E-state index contributed by atoms with van der Waals surface area (Å²) in [7, 11) is 0. The molecule has 1 aromatic rings. The first-order valence-electron chi connectivity index (χ1n) is 3.16. The SMILES string of the molecule is Cc1nc(SCCON)n[nH]1. The van der Waals surface area contributed by atoms with Gasteiger partial charge in [-0.1, -0.05) is 11.8 Å². The Morgan fingerprint density at radius 2 is 2.55 bits per heavy atom. The van der Waals surface area contributed by atoms with Crippen molar-refractivity contribution >= 4 is 11.8 Å². The number of nitrogens with two attached hydrogens (primary N) is 1. The predicted molar refractivity (Wildman–Crippen MR) is 42.0 cm³/mol. The fourth-order valence-electron chi connectivity index (χ4n) is 0.568. The maximum atomic E-state index is 4.84. The minimum absolute atomic E-state index is 0.512. The van der Waals surface area contributed by atoms with Crippen LogP contribution in [0.4, 0.5) is 0 Å². The van der Waals surface area contributed by atoms with E-state index in [9.17, 15) is 0 Å². The van der Waals surface area contributed by atoms with Gasteiger partial charge in [-0.25, -0.2) is 10.9 Å². The van der Waals surface area contributed by atoms with Crippen molar-refractivity contribution in [2.75, 3.05) is 12.4 Å². The Hall–Kier alpha value is -0.590. The Bertz CT molecular complexity index is 214. The molecule has 0 aliphatic rings. The molecular formula is C5H10N4OS. The Kier molecular flexibility index (Phi) is 3.34. The normalized spacial score (nSPS) is 10.4. The van der Waals surface area contributed by atoms with Crippen LogP contribution in [0.15, 0.2) is 5.16 Å². The average molecular weight is 174 g/mol. The Morgan fingerprint density at radius 1 is 1.73 bits per heavy atom. The highest BCUT2D eigenvalue weighted by Crippen LogP contribution is 2.10. The van der Waals surface area contributed by atoms with Crippen LogP contribution in [-0.4, -0.2) is 27.5 Å². The van der Waals surface area contributed by atoms with Crippen LogP contribution >= 0.6 is 11.8 Å². The summed E-state index contributed by atoms with van der Waals surface area (Å²) in [6.07, 6.45) is 0. The van der Waals surface area contributed by atoms with Gasteiger partial charge in [0.1, 0.15) is 5.82 Å². The Balaban J connectivity index is 2.27. The van der Waals surface area contributed by atoms with Crippen molar-refractivity contribution in [3.63, 3.8) is 0 Å². The quantitative estimate of drug-likeness (QED) is 0.384. The van der Waals surface area contributed by atoms with E-state index >= 15 is 0 Å². The lowest BCUT2D eigenvalue weighted by Gasteiger charge is -1.92. The summed E-state index contributed by atoms with van der Waals surface area (Å²) >= 11 is 1.51. The Labute approximate surface area is 68.7 Å². The molecule has 0 saturated heterocycles. The van der Waals surface area contributed by atoms with Gasteiger partial charge in [-0.15, -0.1) is 5.10 Å². The van der Waals surface area contributed by atoms with Crippen molar-refractivity contribution in [3.05, 3.63) is 5.82 Å². The third kappa shape index (κ3) is 2.87. The first-order chi connectivity index (χ1) is 5.33. The summed E-state index contributed by atoms with van der Waals surface area (Å²) in [5.41, 5.74) is 0. The maximum Gasteiger partial charge on any atom is 0.208 e. The molecule has 0 aromatic carbocycles. The van der Waals surface area contributed by atoms with Gasteiger partial charge in [0.2, 0.25) is 5.16 Å². The van der Waals surface area contributed by atoms with Crippen LogP contribution in [0.3, 0.4) is 0 Å². The molecular weight excluding hydrogens is 164 g/mol. The van der Waals surface area contributed by atoms with Crippen molar-refractivity contribution in [1.82, 2.24) is 15.2 Å². The minimum atomic E-state index is 0.512. The minimum Gasteiger partial charge on any atom is -0.304 e. The first-order valence-corrected chi connectivity index (χ1v) is 4.15. The number of thioether (sulfide) groups is 1. The van der Waals surface area contributed by atoms with E-state index in [-0.39, 0.29) is 0 Å². The van der Waals surface area contributed by atoms with Gasteiger partial charge in [0.05, 0.1) is 6.61 Å². The molecule has 1 aromatic heterocycles. The molecule has 0 aliphatic heterocycles. The van der Waals surface area contributed by atoms with E-state index in [1.807, 2.05) is 6.92 Å². The van der Waals surface area contributed by atoms with Gasteiger partial charge in [-0.2, -0.15) is 0 Å². The van der Waals surface area contributed by atoms with Crippen molar-refractivity contribution in [3.8, 4) is 0 Å². The number of aromatic nitrogens is 3. The zero-order valence-corrected chi connectivity index (χ0v) is 7.02. The molecule has 62 valence electrons. The lowest BCUT2D eigenvalue weighted by molar-refractivity contribution is 0.155. The zero-order valence-electron chi connectivity index (χ0n) is 6.20. The molecule has 0 bridgehead atoms. The molecule has 5 nitrogen and oxygen atoms in total. The van der Waals surface area contributed by atoms with E-state index in [1.54, 1.807) is 0 Å². The van der Waals surface area contributed by atoms with Crippen LogP contribution < -0.4 is 5.90 Å². The molecule has 0 spiro atoms. The fourth-order valence-corrected chi connectivity index (χ4v) is 1.24. The van der Waals surface area contributed by atoms with Gasteiger partial charge in [-0.3, -0.25) is 5.10 Å². The lowest BCUT2D eigenvalue weighted by Crippen LogP contribution is -2.02. The van der Waals surface area contributed by atoms with Crippen LogP contribution in [0.2, 0.25) is 0 Å². The van der Waals surface area contributed by atoms with Gasteiger partial charge < -0.3 is 4.84 Å².